The molecule has 15 nitrogen and oxygen atoms in total. The molecule has 260 valence electrons. The molecule has 3 N–H and O–H groups in total. The summed E-state index contributed by atoms with van der Waals surface area (Å²) in [5.41, 5.74) is -0.682. The molecule has 0 heterocycles. The Labute approximate surface area is 276 Å². The first-order valence-electron chi connectivity index (χ1n) is 14.5. The van der Waals surface area contributed by atoms with Crippen molar-refractivity contribution in [2.24, 2.45) is 0 Å². The molecular formula is C33H38O15. The Balaban J connectivity index is 2.19. The van der Waals surface area contributed by atoms with Crippen LogP contribution in [0.3, 0.4) is 0 Å². The quantitative estimate of drug-likeness (QED) is 0.105. The van der Waals surface area contributed by atoms with E-state index in [4.69, 9.17) is 42.6 Å². The SMILES string of the molecule is CCCCCC(OC(=O)c1cc(OC)c(O)c(OC)c1)(OC(=O)c1cc(OC)c(O)c(OC)c1)OC(=O)c1cc(OC)c(O)c(OC)c1. The van der Waals surface area contributed by atoms with Crippen LogP contribution in [0.5, 0.6) is 51.7 Å². The van der Waals surface area contributed by atoms with Gasteiger partial charge in [-0.25, -0.2) is 14.4 Å². The number of aromatic hydroxyl groups is 3. The maximum Gasteiger partial charge on any atom is 0.424 e. The number of phenols is 3. The molecule has 0 unspecified atom stereocenters. The van der Waals surface area contributed by atoms with Crippen molar-refractivity contribution < 1.29 is 72.3 Å². The van der Waals surface area contributed by atoms with Crippen LogP contribution < -0.4 is 28.4 Å². The van der Waals surface area contributed by atoms with Gasteiger partial charge in [0.2, 0.25) is 17.2 Å². The van der Waals surface area contributed by atoms with E-state index in [-0.39, 0.29) is 64.0 Å². The van der Waals surface area contributed by atoms with Crippen molar-refractivity contribution in [3.8, 4) is 51.7 Å². The molecule has 0 aliphatic rings. The second-order valence-electron chi connectivity index (χ2n) is 10.00. The molecule has 0 radical (unpaired) electrons. The van der Waals surface area contributed by atoms with Crippen molar-refractivity contribution in [2.45, 2.75) is 38.6 Å². The van der Waals surface area contributed by atoms with Crippen LogP contribution in [0.2, 0.25) is 0 Å². The molecule has 15 heteroatoms. The van der Waals surface area contributed by atoms with Crippen LogP contribution in [0.25, 0.3) is 0 Å². The molecule has 0 aromatic heterocycles. The average molecular weight is 675 g/mol. The van der Waals surface area contributed by atoms with Crippen LogP contribution in [0.4, 0.5) is 0 Å². The van der Waals surface area contributed by atoms with Crippen LogP contribution in [0, 0.1) is 0 Å². The van der Waals surface area contributed by atoms with Gasteiger partial charge in [0.25, 0.3) is 0 Å². The Morgan fingerprint density at radius 1 is 0.500 bits per heavy atom. The van der Waals surface area contributed by atoms with E-state index >= 15 is 0 Å². The maximum absolute atomic E-state index is 13.7. The summed E-state index contributed by atoms with van der Waals surface area (Å²) in [5, 5.41) is 31.1. The van der Waals surface area contributed by atoms with E-state index in [1.54, 1.807) is 0 Å². The normalized spacial score (nSPS) is 10.8. The topological polar surface area (TPSA) is 195 Å². The van der Waals surface area contributed by atoms with Gasteiger partial charge in [0.05, 0.1) is 65.8 Å². The molecule has 0 spiro atoms. The summed E-state index contributed by atoms with van der Waals surface area (Å²) < 4.78 is 48.0. The molecule has 0 fully saturated rings. The highest BCUT2D eigenvalue weighted by atomic mass is 16.9. The lowest BCUT2D eigenvalue weighted by atomic mass is 10.1. The van der Waals surface area contributed by atoms with Crippen LogP contribution in [-0.2, 0) is 14.2 Å². The lowest BCUT2D eigenvalue weighted by Crippen LogP contribution is -2.44. The van der Waals surface area contributed by atoms with Crippen molar-refractivity contribution in [3.05, 3.63) is 53.1 Å². The minimum Gasteiger partial charge on any atom is -0.502 e. The Hall–Kier alpha value is -5.73. The summed E-state index contributed by atoms with van der Waals surface area (Å²) in [5.74, 6) is -8.22. The second-order valence-corrected chi connectivity index (χ2v) is 10.00. The third kappa shape index (κ3) is 8.15. The fraction of sp³-hybridized carbons (Fsp3) is 0.364. The van der Waals surface area contributed by atoms with Crippen molar-refractivity contribution in [3.63, 3.8) is 0 Å². The molecule has 3 aromatic rings. The number of ether oxygens (including phenoxy) is 9. The van der Waals surface area contributed by atoms with Crippen LogP contribution in [-0.4, -0.2) is 81.9 Å². The Morgan fingerprint density at radius 3 is 0.958 bits per heavy atom. The third-order valence-electron chi connectivity index (χ3n) is 6.98. The van der Waals surface area contributed by atoms with Gasteiger partial charge in [0, 0.05) is 0 Å². The first-order chi connectivity index (χ1) is 22.9. The van der Waals surface area contributed by atoms with E-state index < -0.39 is 41.1 Å². The van der Waals surface area contributed by atoms with Crippen molar-refractivity contribution >= 4 is 17.9 Å². The molecule has 0 atom stereocenters. The molecule has 3 aromatic carbocycles. The minimum absolute atomic E-state index is 0.140. The van der Waals surface area contributed by atoms with Crippen molar-refractivity contribution in [1.29, 1.82) is 0 Å². The zero-order valence-corrected chi connectivity index (χ0v) is 27.5. The van der Waals surface area contributed by atoms with Crippen molar-refractivity contribution in [2.75, 3.05) is 42.7 Å². The van der Waals surface area contributed by atoms with Gasteiger partial charge in [-0.15, -0.1) is 0 Å². The molecular weight excluding hydrogens is 636 g/mol. The Kier molecular flexibility index (Phi) is 12.4. The van der Waals surface area contributed by atoms with E-state index in [1.165, 1.54) is 42.7 Å². The predicted octanol–water partition coefficient (Wildman–Crippen LogP) is 4.96. The number of carbonyl (C=O) groups excluding carboxylic acids is 3. The lowest BCUT2D eigenvalue weighted by molar-refractivity contribution is -0.304. The highest BCUT2D eigenvalue weighted by Gasteiger charge is 2.45. The molecule has 0 amide bonds. The van der Waals surface area contributed by atoms with Gasteiger partial charge in [0.1, 0.15) is 0 Å². The van der Waals surface area contributed by atoms with Gasteiger partial charge in [-0.3, -0.25) is 0 Å². The van der Waals surface area contributed by atoms with E-state index in [0.717, 1.165) is 36.4 Å². The summed E-state index contributed by atoms with van der Waals surface area (Å²) in [4.78, 5) is 41.2. The number of phenolic OH excluding ortho intramolecular Hbond substituents is 3. The standard InChI is InChI=1S/C33H38O15/c1-8-9-10-11-33(46-30(37)18-12-21(40-2)27(34)22(13-18)41-3,47-31(38)19-14-23(42-4)28(35)24(15-19)43-5)48-32(39)20-16-25(44-6)29(36)26(17-20)45-7/h12-17,34-36H,8-11H2,1-7H3. The Morgan fingerprint density at radius 2 is 0.750 bits per heavy atom. The second kappa shape index (κ2) is 16.2. The fourth-order valence-electron chi connectivity index (χ4n) is 4.44. The van der Waals surface area contributed by atoms with Gasteiger partial charge < -0.3 is 58.0 Å². The summed E-state index contributed by atoms with van der Waals surface area (Å²) in [6, 6.07) is 6.87. The highest BCUT2D eigenvalue weighted by Crippen LogP contribution is 2.41. The third-order valence-corrected chi connectivity index (χ3v) is 6.98. The summed E-state index contributed by atoms with van der Waals surface area (Å²) in [6.07, 6.45) is 1.11. The van der Waals surface area contributed by atoms with Gasteiger partial charge in [-0.2, -0.15) is 0 Å². The molecule has 48 heavy (non-hydrogen) atoms. The Bertz CT molecular complexity index is 1370. The number of carbonyl (C=O) groups is 3. The smallest absolute Gasteiger partial charge is 0.424 e. The zero-order valence-electron chi connectivity index (χ0n) is 27.5. The van der Waals surface area contributed by atoms with E-state index in [0.29, 0.717) is 12.8 Å². The van der Waals surface area contributed by atoms with Crippen LogP contribution >= 0.6 is 0 Å². The number of esters is 3. The number of rotatable bonds is 16. The van der Waals surface area contributed by atoms with E-state index in [1.807, 2.05) is 6.92 Å². The zero-order chi connectivity index (χ0) is 35.6. The maximum atomic E-state index is 13.7. The molecule has 0 bridgehead atoms. The first-order valence-corrected chi connectivity index (χ1v) is 14.5. The summed E-state index contributed by atoms with van der Waals surface area (Å²) in [7, 11) is 7.52. The average Bonchev–Trinajstić information content (AvgIpc) is 3.08. The number of hydrogen-bond donors (Lipinski definition) is 3. The first kappa shape index (κ1) is 36.7. The number of methoxy groups -OCH3 is 6. The fourth-order valence-corrected chi connectivity index (χ4v) is 4.44. The van der Waals surface area contributed by atoms with Crippen LogP contribution in [0.15, 0.2) is 36.4 Å². The largest absolute Gasteiger partial charge is 0.502 e. The summed E-state index contributed by atoms with van der Waals surface area (Å²) in [6.45, 7) is 1.89. The summed E-state index contributed by atoms with van der Waals surface area (Å²) >= 11 is 0. The molecule has 0 aliphatic heterocycles. The number of unbranched alkanes of at least 4 members (excludes halogenated alkanes) is 2. The molecule has 0 saturated heterocycles. The van der Waals surface area contributed by atoms with E-state index in [2.05, 4.69) is 0 Å². The predicted molar refractivity (Wildman–Crippen MR) is 167 cm³/mol. The van der Waals surface area contributed by atoms with Gasteiger partial charge in [0.15, 0.2) is 34.5 Å². The lowest BCUT2D eigenvalue weighted by Gasteiger charge is -2.31. The molecule has 0 saturated carbocycles. The van der Waals surface area contributed by atoms with Gasteiger partial charge in [-0.1, -0.05) is 19.8 Å². The minimum atomic E-state index is -2.71. The molecule has 0 aliphatic carbocycles. The number of hydrogen-bond acceptors (Lipinski definition) is 15. The molecule has 3 rings (SSSR count). The van der Waals surface area contributed by atoms with Gasteiger partial charge >= 0.3 is 23.9 Å². The van der Waals surface area contributed by atoms with Crippen molar-refractivity contribution in [1.82, 2.24) is 0 Å². The van der Waals surface area contributed by atoms with Gasteiger partial charge in [-0.05, 0) is 42.8 Å². The highest BCUT2D eigenvalue weighted by molar-refractivity contribution is 5.94. The van der Waals surface area contributed by atoms with E-state index in [9.17, 15) is 29.7 Å². The van der Waals surface area contributed by atoms with Crippen LogP contribution in [0.1, 0.15) is 63.7 Å². The monoisotopic (exact) mass is 674 g/mol. The number of benzene rings is 3.